The molecule has 1 aliphatic rings. The topological polar surface area (TPSA) is 9.23 Å². The van der Waals surface area contributed by atoms with Crippen LogP contribution >= 0.6 is 34.8 Å². The van der Waals surface area contributed by atoms with Crippen molar-refractivity contribution in [3.8, 4) is 0 Å². The van der Waals surface area contributed by atoms with Gasteiger partial charge < -0.3 is 4.74 Å². The van der Waals surface area contributed by atoms with Crippen LogP contribution in [0.5, 0.6) is 0 Å². The summed E-state index contributed by atoms with van der Waals surface area (Å²) >= 11 is 17.1. The van der Waals surface area contributed by atoms with Crippen molar-refractivity contribution in [3.63, 3.8) is 0 Å². The Hall–Kier alpha value is 0.570. The average molecular weight is 230 g/mol. The zero-order chi connectivity index (χ0) is 9.35. The van der Waals surface area contributed by atoms with Gasteiger partial charge in [-0.15, -0.1) is 0 Å². The van der Waals surface area contributed by atoms with Gasteiger partial charge in [-0.05, 0) is 25.8 Å². The van der Waals surface area contributed by atoms with Crippen LogP contribution in [-0.2, 0) is 4.74 Å². The van der Waals surface area contributed by atoms with E-state index in [1.807, 2.05) is 13.8 Å². The van der Waals surface area contributed by atoms with E-state index in [-0.39, 0.29) is 6.10 Å². The molecule has 1 rings (SSSR count). The molecule has 0 saturated carbocycles. The molecule has 1 atom stereocenters. The quantitative estimate of drug-likeness (QED) is 0.456. The van der Waals surface area contributed by atoms with Gasteiger partial charge in [0.2, 0.25) is 3.79 Å². The molecule has 0 aromatic heterocycles. The van der Waals surface area contributed by atoms with Crippen LogP contribution in [0.1, 0.15) is 20.3 Å². The number of hydrogen-bond donors (Lipinski definition) is 0. The summed E-state index contributed by atoms with van der Waals surface area (Å²) in [6.07, 6.45) is 0.411. The second-order valence-electron chi connectivity index (χ2n) is 3.11. The second kappa shape index (κ2) is 3.75. The van der Waals surface area contributed by atoms with E-state index in [9.17, 15) is 0 Å². The molecule has 1 nitrogen and oxygen atoms in total. The van der Waals surface area contributed by atoms with E-state index in [4.69, 9.17) is 39.5 Å². The number of ether oxygens (including phenoxy) is 1. The summed E-state index contributed by atoms with van der Waals surface area (Å²) in [5, 5.41) is 0. The molecule has 0 radical (unpaired) electrons. The van der Waals surface area contributed by atoms with Crippen LogP contribution < -0.4 is 0 Å². The molecule has 0 aromatic rings. The van der Waals surface area contributed by atoms with Crippen LogP contribution in [0.2, 0.25) is 0 Å². The highest BCUT2D eigenvalue weighted by Gasteiger charge is 2.35. The first-order valence-electron chi connectivity index (χ1n) is 3.75. The highest BCUT2D eigenvalue weighted by Crippen LogP contribution is 2.37. The minimum Gasteiger partial charge on any atom is -0.369 e. The normalized spacial score (nSPS) is 26.2. The summed E-state index contributed by atoms with van der Waals surface area (Å²) in [6, 6.07) is 0. The van der Waals surface area contributed by atoms with Crippen molar-refractivity contribution in [2.75, 3.05) is 6.61 Å². The van der Waals surface area contributed by atoms with E-state index < -0.39 is 3.79 Å². The van der Waals surface area contributed by atoms with Gasteiger partial charge in [0.25, 0.3) is 0 Å². The predicted molar refractivity (Wildman–Crippen MR) is 53.0 cm³/mol. The molecule has 0 aliphatic carbocycles. The fraction of sp³-hybridized carbons (Fsp3) is 0.750. The molecule has 0 spiro atoms. The van der Waals surface area contributed by atoms with Gasteiger partial charge in [0.15, 0.2) is 0 Å². The SMILES string of the molecule is CC1=C(C)CC(C(Cl)(Cl)Cl)OC1. The summed E-state index contributed by atoms with van der Waals surface area (Å²) in [5.41, 5.74) is 2.50. The summed E-state index contributed by atoms with van der Waals surface area (Å²) in [7, 11) is 0. The molecule has 12 heavy (non-hydrogen) atoms. The lowest BCUT2D eigenvalue weighted by atomic mass is 10.0. The molecule has 0 fully saturated rings. The number of halogens is 3. The molecule has 1 heterocycles. The third-order valence-corrected chi connectivity index (χ3v) is 2.82. The molecule has 70 valence electrons. The van der Waals surface area contributed by atoms with E-state index in [1.54, 1.807) is 0 Å². The number of alkyl halides is 3. The minimum atomic E-state index is -1.30. The third-order valence-electron chi connectivity index (χ3n) is 2.09. The summed E-state index contributed by atoms with van der Waals surface area (Å²) < 4.78 is 4.07. The lowest BCUT2D eigenvalue weighted by Gasteiger charge is -2.29. The van der Waals surface area contributed by atoms with Gasteiger partial charge in [0, 0.05) is 0 Å². The Labute approximate surface area is 87.6 Å². The smallest absolute Gasteiger partial charge is 0.216 e. The maximum atomic E-state index is 5.71. The van der Waals surface area contributed by atoms with Crippen molar-refractivity contribution in [3.05, 3.63) is 11.1 Å². The van der Waals surface area contributed by atoms with Crippen molar-refractivity contribution < 1.29 is 4.74 Å². The van der Waals surface area contributed by atoms with Crippen molar-refractivity contribution >= 4 is 34.8 Å². The van der Waals surface area contributed by atoms with E-state index in [1.165, 1.54) is 11.1 Å². The highest BCUT2D eigenvalue weighted by atomic mass is 35.6. The Morgan fingerprint density at radius 3 is 2.25 bits per heavy atom. The first kappa shape index (κ1) is 10.6. The van der Waals surface area contributed by atoms with E-state index in [2.05, 4.69) is 0 Å². The summed E-state index contributed by atoms with van der Waals surface area (Å²) in [6.45, 7) is 4.65. The van der Waals surface area contributed by atoms with Gasteiger partial charge in [0.1, 0.15) is 6.10 Å². The van der Waals surface area contributed by atoms with Gasteiger partial charge >= 0.3 is 0 Å². The average Bonchev–Trinajstić information content (AvgIpc) is 1.92. The number of hydrogen-bond acceptors (Lipinski definition) is 1. The maximum Gasteiger partial charge on any atom is 0.216 e. The van der Waals surface area contributed by atoms with Crippen LogP contribution in [0.3, 0.4) is 0 Å². The fourth-order valence-corrected chi connectivity index (χ4v) is 1.49. The third kappa shape index (κ3) is 2.53. The van der Waals surface area contributed by atoms with Crippen LogP contribution in [0, 0.1) is 0 Å². The number of rotatable bonds is 0. The van der Waals surface area contributed by atoms with E-state index in [0.717, 1.165) is 0 Å². The van der Waals surface area contributed by atoms with E-state index in [0.29, 0.717) is 13.0 Å². The predicted octanol–water partition coefficient (Wildman–Crippen LogP) is 3.48. The maximum absolute atomic E-state index is 5.71. The van der Waals surface area contributed by atoms with Crippen molar-refractivity contribution in [1.82, 2.24) is 0 Å². The van der Waals surface area contributed by atoms with Crippen molar-refractivity contribution in [2.24, 2.45) is 0 Å². The Morgan fingerprint density at radius 1 is 1.25 bits per heavy atom. The molecular weight excluding hydrogens is 218 g/mol. The molecule has 1 aliphatic heterocycles. The van der Waals surface area contributed by atoms with Gasteiger partial charge in [-0.25, -0.2) is 0 Å². The standard InChI is InChI=1S/C8H11Cl3O/c1-5-3-7(8(9,10)11)12-4-6(5)2/h7H,3-4H2,1-2H3. The van der Waals surface area contributed by atoms with Gasteiger partial charge in [0.05, 0.1) is 6.61 Å². The molecule has 0 amide bonds. The van der Waals surface area contributed by atoms with Crippen LogP contribution in [0.4, 0.5) is 0 Å². The molecular formula is C8H11Cl3O. The van der Waals surface area contributed by atoms with Gasteiger partial charge in [-0.3, -0.25) is 0 Å². The largest absolute Gasteiger partial charge is 0.369 e. The Morgan fingerprint density at radius 2 is 1.83 bits per heavy atom. The molecule has 0 aromatic carbocycles. The molecule has 0 N–H and O–H groups in total. The van der Waals surface area contributed by atoms with Gasteiger partial charge in [-0.1, -0.05) is 40.4 Å². The Bertz CT molecular complexity index is 205. The molecule has 4 heteroatoms. The molecule has 0 saturated heterocycles. The fourth-order valence-electron chi connectivity index (χ4n) is 1.07. The summed E-state index contributed by atoms with van der Waals surface area (Å²) in [4.78, 5) is 0. The van der Waals surface area contributed by atoms with Crippen molar-refractivity contribution in [1.29, 1.82) is 0 Å². The lowest BCUT2D eigenvalue weighted by Crippen LogP contribution is -2.32. The molecule has 1 unspecified atom stereocenters. The zero-order valence-corrected chi connectivity index (χ0v) is 9.30. The van der Waals surface area contributed by atoms with E-state index >= 15 is 0 Å². The lowest BCUT2D eigenvalue weighted by molar-refractivity contribution is 0.0612. The minimum absolute atomic E-state index is 0.300. The first-order chi connectivity index (χ1) is 5.41. The zero-order valence-electron chi connectivity index (χ0n) is 7.03. The monoisotopic (exact) mass is 228 g/mol. The van der Waals surface area contributed by atoms with Gasteiger partial charge in [-0.2, -0.15) is 0 Å². The van der Waals surface area contributed by atoms with Crippen LogP contribution in [-0.4, -0.2) is 16.5 Å². The second-order valence-corrected chi connectivity index (χ2v) is 5.47. The molecule has 0 bridgehead atoms. The Kier molecular flexibility index (Phi) is 3.33. The van der Waals surface area contributed by atoms with Crippen LogP contribution in [0.15, 0.2) is 11.1 Å². The van der Waals surface area contributed by atoms with Crippen LogP contribution in [0.25, 0.3) is 0 Å². The first-order valence-corrected chi connectivity index (χ1v) is 4.88. The Balaban J connectivity index is 2.67. The highest BCUT2D eigenvalue weighted by molar-refractivity contribution is 6.68. The summed E-state index contributed by atoms with van der Waals surface area (Å²) in [5.74, 6) is 0. The van der Waals surface area contributed by atoms with Crippen molar-refractivity contribution in [2.45, 2.75) is 30.2 Å².